The fourth-order valence-corrected chi connectivity index (χ4v) is 11.2. The second kappa shape index (κ2) is 9.87. The molecule has 202 valence electrons. The molecule has 0 N–H and O–H groups in total. The summed E-state index contributed by atoms with van der Waals surface area (Å²) in [5, 5.41) is 3.50. The highest BCUT2D eigenvalue weighted by atomic mass is 79.9. The molecule has 37 heavy (non-hydrogen) atoms. The van der Waals surface area contributed by atoms with E-state index in [0.717, 1.165) is 31.0 Å². The topological polar surface area (TPSA) is 46.8 Å². The highest BCUT2D eigenvalue weighted by Gasteiger charge is 2.59. The summed E-state index contributed by atoms with van der Waals surface area (Å²) < 4.78 is 25.4. The average Bonchev–Trinajstić information content (AvgIpc) is 3.82. The van der Waals surface area contributed by atoms with Crippen LogP contribution in [0.5, 0.6) is 0 Å². The number of epoxide rings is 3. The SMILES string of the molecule is CC(C)(C)[Si](OC[C@@H]1O[C@@]1(C)CC[C@@H]1O[C@]1(C)CC[C@@H]1O[C@@]1(C)CBr)(c1ccccc1)c1ccccc1. The maximum Gasteiger partial charge on any atom is 0.261 e. The zero-order valence-corrected chi connectivity index (χ0v) is 25.8. The maximum atomic E-state index is 7.12. The lowest BCUT2D eigenvalue weighted by Crippen LogP contribution is -2.67. The number of rotatable bonds is 12. The number of benzene rings is 2. The van der Waals surface area contributed by atoms with Gasteiger partial charge in [0.05, 0.1) is 30.0 Å². The molecule has 0 amide bonds. The highest BCUT2D eigenvalue weighted by Crippen LogP contribution is 2.50. The van der Waals surface area contributed by atoms with Crippen LogP contribution in [-0.4, -0.2) is 55.4 Å². The van der Waals surface area contributed by atoms with Crippen molar-refractivity contribution < 1.29 is 18.6 Å². The van der Waals surface area contributed by atoms with Crippen molar-refractivity contribution in [1.82, 2.24) is 0 Å². The van der Waals surface area contributed by atoms with E-state index in [1.54, 1.807) is 0 Å². The molecule has 3 aliphatic rings. The predicted octanol–water partition coefficient (Wildman–Crippen LogP) is 5.99. The van der Waals surface area contributed by atoms with Gasteiger partial charge in [-0.15, -0.1) is 0 Å². The monoisotopic (exact) mass is 586 g/mol. The van der Waals surface area contributed by atoms with Gasteiger partial charge in [0, 0.05) is 5.33 Å². The summed E-state index contributed by atoms with van der Waals surface area (Å²) in [5.41, 5.74) is -0.119. The van der Waals surface area contributed by atoms with Crippen LogP contribution >= 0.6 is 15.9 Å². The Labute approximate surface area is 232 Å². The molecule has 3 fully saturated rings. The molecule has 6 atom stereocenters. The molecule has 0 spiro atoms. The molecule has 5 rings (SSSR count). The van der Waals surface area contributed by atoms with Crippen LogP contribution in [0.1, 0.15) is 67.2 Å². The van der Waals surface area contributed by atoms with Crippen molar-refractivity contribution in [3.63, 3.8) is 0 Å². The van der Waals surface area contributed by atoms with E-state index in [1.807, 2.05) is 0 Å². The van der Waals surface area contributed by atoms with Gasteiger partial charge < -0.3 is 18.6 Å². The van der Waals surface area contributed by atoms with Gasteiger partial charge in [0.15, 0.2) is 0 Å². The van der Waals surface area contributed by atoms with Crippen LogP contribution in [0.4, 0.5) is 0 Å². The molecule has 0 saturated carbocycles. The summed E-state index contributed by atoms with van der Waals surface area (Å²) >= 11 is 3.56. The summed E-state index contributed by atoms with van der Waals surface area (Å²) in [7, 11) is -2.54. The number of ether oxygens (including phenoxy) is 3. The summed E-state index contributed by atoms with van der Waals surface area (Å²) in [6, 6.07) is 21.7. The minimum atomic E-state index is -2.54. The lowest BCUT2D eigenvalue weighted by atomic mass is 9.92. The van der Waals surface area contributed by atoms with E-state index in [9.17, 15) is 0 Å². The fraction of sp³-hybridized carbons (Fsp3) is 0.613. The van der Waals surface area contributed by atoms with Crippen LogP contribution < -0.4 is 10.4 Å². The van der Waals surface area contributed by atoms with Crippen LogP contribution in [0, 0.1) is 0 Å². The van der Waals surface area contributed by atoms with Gasteiger partial charge in [0.25, 0.3) is 8.32 Å². The van der Waals surface area contributed by atoms with E-state index in [4.69, 9.17) is 18.6 Å². The van der Waals surface area contributed by atoms with Gasteiger partial charge in [-0.3, -0.25) is 0 Å². The van der Waals surface area contributed by atoms with Crippen LogP contribution in [0.25, 0.3) is 0 Å². The zero-order chi connectivity index (χ0) is 26.5. The molecular weight excluding hydrogens is 544 g/mol. The van der Waals surface area contributed by atoms with Gasteiger partial charge in [-0.2, -0.15) is 0 Å². The average molecular weight is 588 g/mol. The first-order chi connectivity index (χ1) is 17.5. The largest absolute Gasteiger partial charge is 0.405 e. The quantitative estimate of drug-likeness (QED) is 0.174. The number of alkyl halides is 1. The Kier molecular flexibility index (Phi) is 7.34. The van der Waals surface area contributed by atoms with Crippen molar-refractivity contribution in [2.45, 2.75) is 107 Å². The van der Waals surface area contributed by atoms with Crippen molar-refractivity contribution in [2.75, 3.05) is 11.9 Å². The van der Waals surface area contributed by atoms with Crippen LogP contribution in [0.15, 0.2) is 60.7 Å². The summed E-state index contributed by atoms with van der Waals surface area (Å²) in [4.78, 5) is 0. The van der Waals surface area contributed by atoms with Crippen LogP contribution in [-0.2, 0) is 18.6 Å². The smallest absolute Gasteiger partial charge is 0.261 e. The first kappa shape index (κ1) is 27.5. The first-order valence-corrected chi connectivity index (χ1v) is 16.8. The third-order valence-corrected chi connectivity index (χ3v) is 15.2. The highest BCUT2D eigenvalue weighted by molar-refractivity contribution is 9.09. The molecule has 0 aliphatic carbocycles. The second-order valence-electron chi connectivity index (χ2n) is 12.9. The fourth-order valence-electron chi connectivity index (χ4n) is 6.17. The molecule has 3 aliphatic heterocycles. The Balaban J connectivity index is 1.19. The van der Waals surface area contributed by atoms with Crippen molar-refractivity contribution >= 4 is 34.6 Å². The molecule has 0 aromatic heterocycles. The Morgan fingerprint density at radius 2 is 1.16 bits per heavy atom. The van der Waals surface area contributed by atoms with E-state index in [0.29, 0.717) is 18.8 Å². The van der Waals surface area contributed by atoms with E-state index < -0.39 is 8.32 Å². The summed E-state index contributed by atoms with van der Waals surface area (Å²) in [6.07, 6.45) is 4.96. The Bertz CT molecular complexity index is 1040. The van der Waals surface area contributed by atoms with Crippen LogP contribution in [0.3, 0.4) is 0 Å². The van der Waals surface area contributed by atoms with E-state index in [2.05, 4.69) is 118 Å². The van der Waals surface area contributed by atoms with Crippen molar-refractivity contribution in [3.8, 4) is 0 Å². The molecule has 0 bridgehead atoms. The van der Waals surface area contributed by atoms with Crippen molar-refractivity contribution in [2.24, 2.45) is 0 Å². The third kappa shape index (κ3) is 5.39. The van der Waals surface area contributed by atoms with Crippen molar-refractivity contribution in [1.29, 1.82) is 0 Å². The number of halogens is 1. The van der Waals surface area contributed by atoms with E-state index in [-0.39, 0.29) is 27.9 Å². The van der Waals surface area contributed by atoms with Crippen molar-refractivity contribution in [3.05, 3.63) is 60.7 Å². The minimum Gasteiger partial charge on any atom is -0.405 e. The van der Waals surface area contributed by atoms with Gasteiger partial charge in [-0.1, -0.05) is 97.4 Å². The Morgan fingerprint density at radius 3 is 1.62 bits per heavy atom. The standard InChI is InChI=1S/C31H43BrO4Si/c1-28(2,3)37(23-13-9-7-10-14-23,24-15-11-8-12-16-24)33-21-27-30(5,36-27)20-17-25-29(4,34-25)19-18-26-31(6,22-32)35-26/h7-16,25-27H,17-22H2,1-6H3/t25-,26-,27-,29+,30-,31-/m0/s1. The Hall–Kier alpha value is -1.02. The lowest BCUT2D eigenvalue weighted by Gasteiger charge is -2.43. The summed E-state index contributed by atoms with van der Waals surface area (Å²) in [5.74, 6) is 0. The van der Waals surface area contributed by atoms with Gasteiger partial charge in [0.2, 0.25) is 0 Å². The van der Waals surface area contributed by atoms with Gasteiger partial charge >= 0.3 is 0 Å². The normalized spacial score (nSPS) is 34.8. The number of hydrogen-bond acceptors (Lipinski definition) is 4. The molecule has 0 radical (unpaired) electrons. The van der Waals surface area contributed by atoms with E-state index in [1.165, 1.54) is 10.4 Å². The third-order valence-electron chi connectivity index (χ3n) is 9.05. The molecule has 2 aromatic carbocycles. The second-order valence-corrected chi connectivity index (χ2v) is 17.8. The van der Waals surface area contributed by atoms with Gasteiger partial charge in [-0.05, 0) is 61.9 Å². The number of hydrogen-bond donors (Lipinski definition) is 0. The van der Waals surface area contributed by atoms with Crippen LogP contribution in [0.2, 0.25) is 5.04 Å². The predicted molar refractivity (Wildman–Crippen MR) is 156 cm³/mol. The summed E-state index contributed by atoms with van der Waals surface area (Å²) in [6.45, 7) is 14.3. The van der Waals surface area contributed by atoms with E-state index >= 15 is 0 Å². The lowest BCUT2D eigenvalue weighted by molar-refractivity contribution is 0.237. The zero-order valence-electron chi connectivity index (χ0n) is 23.3. The maximum absolute atomic E-state index is 7.12. The van der Waals surface area contributed by atoms with Gasteiger partial charge in [0.1, 0.15) is 11.7 Å². The molecule has 0 unspecified atom stereocenters. The Morgan fingerprint density at radius 1 is 0.730 bits per heavy atom. The molecule has 6 heteroatoms. The minimum absolute atomic E-state index is 0.00859. The van der Waals surface area contributed by atoms with Gasteiger partial charge in [-0.25, -0.2) is 0 Å². The molecular formula is C31H43BrO4Si. The molecule has 3 heterocycles. The molecule has 3 saturated heterocycles. The first-order valence-electron chi connectivity index (χ1n) is 13.8. The molecule has 4 nitrogen and oxygen atoms in total. The molecule has 2 aromatic rings.